The standard InChI is InChI=1S/C15H32O/c1-13(12-16-15(5,6)7)10-8-9-11-14(2,3)4/h13H,8-12H2,1-7H3. The van der Waals surface area contributed by atoms with Gasteiger partial charge in [-0.3, -0.25) is 0 Å². The van der Waals surface area contributed by atoms with E-state index in [9.17, 15) is 0 Å². The lowest BCUT2D eigenvalue weighted by Crippen LogP contribution is -2.22. The Balaban J connectivity index is 3.48. The molecular formula is C15H32O. The molecule has 0 N–H and O–H groups in total. The molecule has 1 nitrogen and oxygen atoms in total. The average Bonchev–Trinajstić information content (AvgIpc) is 2.06. The highest BCUT2D eigenvalue weighted by Gasteiger charge is 2.13. The lowest BCUT2D eigenvalue weighted by Gasteiger charge is -2.23. The molecule has 98 valence electrons. The first-order chi connectivity index (χ1) is 7.10. The molecule has 1 unspecified atom stereocenters. The average molecular weight is 228 g/mol. The van der Waals surface area contributed by atoms with E-state index in [4.69, 9.17) is 4.74 Å². The zero-order valence-corrected chi connectivity index (χ0v) is 12.5. The van der Waals surface area contributed by atoms with Gasteiger partial charge in [0.05, 0.1) is 5.60 Å². The van der Waals surface area contributed by atoms with Crippen LogP contribution in [0.3, 0.4) is 0 Å². The molecule has 0 saturated carbocycles. The SMILES string of the molecule is CC(CCCCC(C)(C)C)COC(C)(C)C. The van der Waals surface area contributed by atoms with Gasteiger partial charge < -0.3 is 4.74 Å². The van der Waals surface area contributed by atoms with E-state index >= 15 is 0 Å². The molecule has 0 saturated heterocycles. The van der Waals surface area contributed by atoms with Crippen LogP contribution in [0.25, 0.3) is 0 Å². The molecule has 0 aromatic carbocycles. The summed E-state index contributed by atoms with van der Waals surface area (Å²) in [7, 11) is 0. The Morgan fingerprint density at radius 2 is 1.50 bits per heavy atom. The maximum atomic E-state index is 5.79. The van der Waals surface area contributed by atoms with E-state index in [-0.39, 0.29) is 5.60 Å². The minimum absolute atomic E-state index is 0.0136. The summed E-state index contributed by atoms with van der Waals surface area (Å²) in [6, 6.07) is 0. The Morgan fingerprint density at radius 3 is 1.94 bits per heavy atom. The second-order valence-electron chi connectivity index (χ2n) is 7.33. The smallest absolute Gasteiger partial charge is 0.0598 e. The molecule has 0 heterocycles. The van der Waals surface area contributed by atoms with Crippen molar-refractivity contribution in [1.29, 1.82) is 0 Å². The highest BCUT2D eigenvalue weighted by molar-refractivity contribution is 4.63. The number of hydrogen-bond acceptors (Lipinski definition) is 1. The molecule has 0 aromatic rings. The maximum absolute atomic E-state index is 5.79. The quantitative estimate of drug-likeness (QED) is 0.578. The highest BCUT2D eigenvalue weighted by Crippen LogP contribution is 2.23. The van der Waals surface area contributed by atoms with Crippen LogP contribution in [-0.2, 0) is 4.74 Å². The molecule has 0 aliphatic rings. The van der Waals surface area contributed by atoms with Crippen LogP contribution in [0.2, 0.25) is 0 Å². The molecule has 0 fully saturated rings. The highest BCUT2D eigenvalue weighted by atomic mass is 16.5. The fourth-order valence-corrected chi connectivity index (χ4v) is 1.62. The first-order valence-corrected chi connectivity index (χ1v) is 6.74. The Morgan fingerprint density at radius 1 is 0.938 bits per heavy atom. The topological polar surface area (TPSA) is 9.23 Å². The van der Waals surface area contributed by atoms with Crippen molar-refractivity contribution in [3.8, 4) is 0 Å². The molecule has 0 aliphatic carbocycles. The molecule has 16 heavy (non-hydrogen) atoms. The minimum atomic E-state index is 0.0136. The zero-order valence-electron chi connectivity index (χ0n) is 12.5. The van der Waals surface area contributed by atoms with Gasteiger partial charge in [-0.15, -0.1) is 0 Å². The van der Waals surface area contributed by atoms with Gasteiger partial charge in [0.25, 0.3) is 0 Å². The Bertz CT molecular complexity index is 171. The predicted octanol–water partition coefficient (Wildman–Crippen LogP) is 5.04. The van der Waals surface area contributed by atoms with E-state index in [0.29, 0.717) is 11.3 Å². The van der Waals surface area contributed by atoms with Gasteiger partial charge >= 0.3 is 0 Å². The van der Waals surface area contributed by atoms with Crippen LogP contribution < -0.4 is 0 Å². The first kappa shape index (κ1) is 16.0. The second-order valence-corrected chi connectivity index (χ2v) is 7.33. The minimum Gasteiger partial charge on any atom is -0.376 e. The maximum Gasteiger partial charge on any atom is 0.0598 e. The molecule has 0 spiro atoms. The lowest BCUT2D eigenvalue weighted by atomic mass is 9.89. The van der Waals surface area contributed by atoms with E-state index in [2.05, 4.69) is 48.5 Å². The van der Waals surface area contributed by atoms with Crippen LogP contribution in [0.1, 0.15) is 74.1 Å². The van der Waals surface area contributed by atoms with Gasteiger partial charge in [0.2, 0.25) is 0 Å². The number of hydrogen-bond donors (Lipinski definition) is 0. The van der Waals surface area contributed by atoms with Gasteiger partial charge in [-0.1, -0.05) is 40.5 Å². The van der Waals surface area contributed by atoms with E-state index in [1.165, 1.54) is 25.7 Å². The summed E-state index contributed by atoms with van der Waals surface area (Å²) in [4.78, 5) is 0. The van der Waals surface area contributed by atoms with Crippen LogP contribution in [0.15, 0.2) is 0 Å². The molecule has 0 amide bonds. The van der Waals surface area contributed by atoms with Gasteiger partial charge in [0.15, 0.2) is 0 Å². The van der Waals surface area contributed by atoms with Crippen LogP contribution in [0.4, 0.5) is 0 Å². The fraction of sp³-hybridized carbons (Fsp3) is 1.00. The third kappa shape index (κ3) is 12.0. The number of ether oxygens (including phenoxy) is 1. The van der Waals surface area contributed by atoms with Gasteiger partial charge in [-0.25, -0.2) is 0 Å². The summed E-state index contributed by atoms with van der Waals surface area (Å²) in [5, 5.41) is 0. The molecule has 1 atom stereocenters. The summed E-state index contributed by atoms with van der Waals surface area (Å²) >= 11 is 0. The fourth-order valence-electron chi connectivity index (χ4n) is 1.62. The molecule has 0 aromatic heterocycles. The van der Waals surface area contributed by atoms with Crippen LogP contribution in [0, 0.1) is 11.3 Å². The van der Waals surface area contributed by atoms with E-state index < -0.39 is 0 Å². The molecule has 1 heteroatoms. The first-order valence-electron chi connectivity index (χ1n) is 6.74. The van der Waals surface area contributed by atoms with E-state index in [0.717, 1.165) is 6.61 Å². The Labute approximate surface area is 103 Å². The third-order valence-corrected chi connectivity index (χ3v) is 2.67. The van der Waals surface area contributed by atoms with Crippen molar-refractivity contribution >= 4 is 0 Å². The van der Waals surface area contributed by atoms with E-state index in [1.807, 2.05) is 0 Å². The number of rotatable bonds is 6. The molecule has 0 bridgehead atoms. The van der Waals surface area contributed by atoms with Crippen molar-refractivity contribution in [1.82, 2.24) is 0 Å². The number of unbranched alkanes of at least 4 members (excludes halogenated alkanes) is 1. The summed E-state index contributed by atoms with van der Waals surface area (Å²) in [5.41, 5.74) is 0.505. The van der Waals surface area contributed by atoms with Crippen LogP contribution in [-0.4, -0.2) is 12.2 Å². The van der Waals surface area contributed by atoms with Crippen LogP contribution >= 0.6 is 0 Å². The van der Waals surface area contributed by atoms with Crippen molar-refractivity contribution < 1.29 is 4.74 Å². The van der Waals surface area contributed by atoms with Crippen molar-refractivity contribution in [3.05, 3.63) is 0 Å². The van der Waals surface area contributed by atoms with Gasteiger partial charge in [-0.2, -0.15) is 0 Å². The zero-order chi connectivity index (χ0) is 12.8. The summed E-state index contributed by atoms with van der Waals surface area (Å²) in [5.74, 6) is 0.694. The third-order valence-electron chi connectivity index (χ3n) is 2.67. The van der Waals surface area contributed by atoms with E-state index in [1.54, 1.807) is 0 Å². The molecular weight excluding hydrogens is 196 g/mol. The van der Waals surface area contributed by atoms with Crippen LogP contribution in [0.5, 0.6) is 0 Å². The van der Waals surface area contributed by atoms with Crippen molar-refractivity contribution in [2.45, 2.75) is 79.8 Å². The summed E-state index contributed by atoms with van der Waals surface area (Å²) in [6.07, 6.45) is 5.32. The van der Waals surface area contributed by atoms with Gasteiger partial charge in [0.1, 0.15) is 0 Å². The molecule has 0 aliphatic heterocycles. The van der Waals surface area contributed by atoms with Gasteiger partial charge in [0, 0.05) is 6.61 Å². The summed E-state index contributed by atoms with van der Waals surface area (Å²) < 4.78 is 5.79. The molecule has 0 rings (SSSR count). The summed E-state index contributed by atoms with van der Waals surface area (Å²) in [6.45, 7) is 16.5. The second kappa shape index (κ2) is 6.64. The monoisotopic (exact) mass is 228 g/mol. The van der Waals surface area contributed by atoms with Crippen molar-refractivity contribution in [3.63, 3.8) is 0 Å². The Hall–Kier alpha value is -0.0400. The Kier molecular flexibility index (Phi) is 6.62. The normalized spacial score (nSPS) is 15.2. The van der Waals surface area contributed by atoms with Crippen molar-refractivity contribution in [2.75, 3.05) is 6.61 Å². The molecule has 0 radical (unpaired) electrons. The predicted molar refractivity (Wildman–Crippen MR) is 72.8 cm³/mol. The van der Waals surface area contributed by atoms with Crippen molar-refractivity contribution in [2.24, 2.45) is 11.3 Å². The lowest BCUT2D eigenvalue weighted by molar-refractivity contribution is -0.0209. The largest absolute Gasteiger partial charge is 0.376 e. The van der Waals surface area contributed by atoms with Gasteiger partial charge in [-0.05, 0) is 44.9 Å².